The third-order valence-corrected chi connectivity index (χ3v) is 3.63. The minimum absolute atomic E-state index is 0.129. The van der Waals surface area contributed by atoms with Gasteiger partial charge in [0.05, 0.1) is 5.69 Å². The monoisotopic (exact) mass is 387 g/mol. The van der Waals surface area contributed by atoms with Crippen LogP contribution in [-0.2, 0) is 4.79 Å². The van der Waals surface area contributed by atoms with Crippen LogP contribution in [0.5, 0.6) is 5.75 Å². The molecule has 2 heterocycles. The Hall–Kier alpha value is -2.74. The number of nitrogens with zero attached hydrogens (tertiary/aromatic N) is 4. The summed E-state index contributed by atoms with van der Waals surface area (Å²) in [5.74, 6) is 0.745. The van der Waals surface area contributed by atoms with Crippen molar-refractivity contribution in [2.45, 2.75) is 6.92 Å². The van der Waals surface area contributed by atoms with Crippen molar-refractivity contribution in [2.24, 2.45) is 0 Å². The first-order valence-corrected chi connectivity index (χ1v) is 7.91. The van der Waals surface area contributed by atoms with Crippen molar-refractivity contribution in [3.8, 4) is 11.4 Å². The molecule has 7 nitrogen and oxygen atoms in total. The Morgan fingerprint density at radius 2 is 2.04 bits per heavy atom. The van der Waals surface area contributed by atoms with Crippen molar-refractivity contribution < 1.29 is 9.53 Å². The number of aryl methyl sites for hydroxylation is 1. The second kappa shape index (κ2) is 7.22. The van der Waals surface area contributed by atoms with Crippen molar-refractivity contribution in [1.29, 1.82) is 0 Å². The van der Waals surface area contributed by atoms with E-state index in [1.807, 2.05) is 25.1 Å². The molecule has 0 spiro atoms. The largest absolute Gasteiger partial charge is 0.482 e. The Balaban J connectivity index is 1.68. The predicted molar refractivity (Wildman–Crippen MR) is 92.2 cm³/mol. The summed E-state index contributed by atoms with van der Waals surface area (Å²) in [5.41, 5.74) is 1.84. The van der Waals surface area contributed by atoms with E-state index < -0.39 is 0 Å². The normalized spacial score (nSPS) is 10.4. The molecule has 0 aliphatic carbocycles. The van der Waals surface area contributed by atoms with Crippen LogP contribution < -0.4 is 10.1 Å². The molecular weight excluding hydrogens is 374 g/mol. The lowest BCUT2D eigenvalue weighted by molar-refractivity contribution is -0.118. The fourth-order valence-corrected chi connectivity index (χ4v) is 2.28. The van der Waals surface area contributed by atoms with Crippen LogP contribution in [0.25, 0.3) is 5.69 Å². The highest BCUT2D eigenvalue weighted by atomic mass is 79.9. The molecule has 0 radical (unpaired) electrons. The van der Waals surface area contributed by atoms with Crippen molar-refractivity contribution in [3.63, 3.8) is 0 Å². The molecule has 2 aromatic heterocycles. The van der Waals surface area contributed by atoms with Gasteiger partial charge in [-0.3, -0.25) is 9.36 Å². The van der Waals surface area contributed by atoms with Gasteiger partial charge in [0, 0.05) is 10.7 Å². The summed E-state index contributed by atoms with van der Waals surface area (Å²) in [5, 5.41) is 10.3. The van der Waals surface area contributed by atoms with Gasteiger partial charge in [-0.25, -0.2) is 4.98 Å². The first-order valence-electron chi connectivity index (χ1n) is 7.12. The molecule has 0 aliphatic heterocycles. The Labute approximate surface area is 146 Å². The van der Waals surface area contributed by atoms with Crippen LogP contribution in [0.4, 0.5) is 5.82 Å². The van der Waals surface area contributed by atoms with E-state index in [9.17, 15) is 4.79 Å². The van der Waals surface area contributed by atoms with Crippen LogP contribution in [0.3, 0.4) is 0 Å². The molecule has 3 rings (SSSR count). The summed E-state index contributed by atoms with van der Waals surface area (Å²) >= 11 is 3.29. The quantitative estimate of drug-likeness (QED) is 0.727. The molecule has 1 aromatic carbocycles. The Morgan fingerprint density at radius 1 is 1.25 bits per heavy atom. The highest BCUT2D eigenvalue weighted by Gasteiger charge is 2.10. The summed E-state index contributed by atoms with van der Waals surface area (Å²) in [7, 11) is 0. The zero-order valence-corrected chi connectivity index (χ0v) is 14.4. The van der Waals surface area contributed by atoms with Gasteiger partial charge < -0.3 is 10.1 Å². The second-order valence-electron chi connectivity index (χ2n) is 5.04. The molecule has 0 bridgehead atoms. The van der Waals surface area contributed by atoms with E-state index in [0.717, 1.165) is 15.7 Å². The average Bonchev–Trinajstić information content (AvgIpc) is 3.10. The highest BCUT2D eigenvalue weighted by molar-refractivity contribution is 9.10. The predicted octanol–water partition coefficient (Wildman–Crippen LogP) is 2.75. The molecule has 3 aromatic rings. The Bertz CT molecular complexity index is 834. The fraction of sp³-hybridized carbons (Fsp3) is 0.125. The highest BCUT2D eigenvalue weighted by Crippen LogP contribution is 2.23. The summed E-state index contributed by atoms with van der Waals surface area (Å²) in [6, 6.07) is 9.17. The van der Waals surface area contributed by atoms with E-state index >= 15 is 0 Å². The standard InChI is InChI=1S/C16H14BrN5O2/c1-11-2-4-14(13(6-11)22-9-19-20-10-22)24-8-16(23)21-15-5-3-12(17)7-18-15/h2-7,9-10H,8H2,1H3,(H,18,21,23). The topological polar surface area (TPSA) is 81.9 Å². The molecule has 122 valence electrons. The lowest BCUT2D eigenvalue weighted by Gasteiger charge is -2.12. The minimum atomic E-state index is -0.292. The van der Waals surface area contributed by atoms with E-state index in [4.69, 9.17) is 4.74 Å². The molecule has 8 heteroatoms. The number of aromatic nitrogens is 4. The number of nitrogens with one attached hydrogen (secondary N) is 1. The number of hydrogen-bond acceptors (Lipinski definition) is 5. The molecule has 0 atom stereocenters. The SMILES string of the molecule is Cc1ccc(OCC(=O)Nc2ccc(Br)cn2)c(-n2cnnc2)c1. The van der Waals surface area contributed by atoms with E-state index in [-0.39, 0.29) is 12.5 Å². The summed E-state index contributed by atoms with van der Waals surface area (Å²) in [4.78, 5) is 16.1. The van der Waals surface area contributed by atoms with Crippen LogP contribution >= 0.6 is 15.9 Å². The van der Waals surface area contributed by atoms with Crippen LogP contribution in [0.2, 0.25) is 0 Å². The number of pyridine rings is 1. The van der Waals surface area contributed by atoms with Crippen LogP contribution in [0.1, 0.15) is 5.56 Å². The lowest BCUT2D eigenvalue weighted by atomic mass is 10.2. The van der Waals surface area contributed by atoms with Gasteiger partial charge in [0.2, 0.25) is 0 Å². The van der Waals surface area contributed by atoms with Crippen molar-refractivity contribution >= 4 is 27.7 Å². The Kier molecular flexibility index (Phi) is 4.85. The molecule has 0 fully saturated rings. The molecule has 0 aliphatic rings. The van der Waals surface area contributed by atoms with E-state index in [2.05, 4.69) is 36.4 Å². The average molecular weight is 388 g/mol. The van der Waals surface area contributed by atoms with Gasteiger partial charge in [-0.2, -0.15) is 0 Å². The zero-order chi connectivity index (χ0) is 16.9. The molecule has 0 saturated heterocycles. The first-order chi connectivity index (χ1) is 11.6. The first kappa shape index (κ1) is 16.1. The molecule has 1 N–H and O–H groups in total. The van der Waals surface area contributed by atoms with Gasteiger partial charge in [-0.05, 0) is 52.7 Å². The number of carbonyl (C=O) groups excluding carboxylic acids is 1. The Morgan fingerprint density at radius 3 is 2.75 bits per heavy atom. The maximum Gasteiger partial charge on any atom is 0.263 e. The summed E-state index contributed by atoms with van der Waals surface area (Å²) in [6.07, 6.45) is 4.77. The number of benzene rings is 1. The number of halogens is 1. The van der Waals surface area contributed by atoms with E-state index in [0.29, 0.717) is 11.6 Å². The number of carbonyl (C=O) groups is 1. The van der Waals surface area contributed by atoms with Gasteiger partial charge in [-0.15, -0.1) is 10.2 Å². The molecule has 0 saturated carbocycles. The summed E-state index contributed by atoms with van der Waals surface area (Å²) in [6.45, 7) is 1.85. The van der Waals surface area contributed by atoms with Gasteiger partial charge in [0.15, 0.2) is 6.61 Å². The van der Waals surface area contributed by atoms with Crippen LogP contribution in [0.15, 0.2) is 53.7 Å². The second-order valence-corrected chi connectivity index (χ2v) is 5.95. The molecule has 0 unspecified atom stereocenters. The van der Waals surface area contributed by atoms with Crippen LogP contribution in [0, 0.1) is 6.92 Å². The summed E-state index contributed by atoms with van der Waals surface area (Å²) < 4.78 is 8.22. The van der Waals surface area contributed by atoms with Crippen molar-refractivity contribution in [1.82, 2.24) is 19.7 Å². The van der Waals surface area contributed by atoms with Crippen molar-refractivity contribution in [2.75, 3.05) is 11.9 Å². The number of anilines is 1. The molecular formula is C16H14BrN5O2. The van der Waals surface area contributed by atoms with Gasteiger partial charge >= 0.3 is 0 Å². The maximum atomic E-state index is 12.0. The number of hydrogen-bond donors (Lipinski definition) is 1. The lowest BCUT2D eigenvalue weighted by Crippen LogP contribution is -2.21. The van der Waals surface area contributed by atoms with Gasteiger partial charge in [0.1, 0.15) is 24.2 Å². The smallest absolute Gasteiger partial charge is 0.263 e. The molecule has 1 amide bonds. The van der Waals surface area contributed by atoms with Crippen LogP contribution in [-0.4, -0.2) is 32.3 Å². The number of ether oxygens (including phenoxy) is 1. The fourth-order valence-electron chi connectivity index (χ4n) is 2.05. The van der Waals surface area contributed by atoms with E-state index in [1.54, 1.807) is 35.6 Å². The number of amides is 1. The zero-order valence-electron chi connectivity index (χ0n) is 12.8. The minimum Gasteiger partial charge on any atom is -0.482 e. The maximum absolute atomic E-state index is 12.0. The van der Waals surface area contributed by atoms with Gasteiger partial charge in [0.25, 0.3) is 5.91 Å². The van der Waals surface area contributed by atoms with Gasteiger partial charge in [-0.1, -0.05) is 6.07 Å². The third-order valence-electron chi connectivity index (χ3n) is 3.17. The third kappa shape index (κ3) is 3.96. The molecule has 24 heavy (non-hydrogen) atoms. The van der Waals surface area contributed by atoms with E-state index in [1.165, 1.54) is 0 Å². The number of rotatable bonds is 5. The van der Waals surface area contributed by atoms with Crippen molar-refractivity contribution in [3.05, 3.63) is 59.2 Å².